The quantitative estimate of drug-likeness (QED) is 0.871. The van der Waals surface area contributed by atoms with Crippen molar-refractivity contribution >= 4 is 0 Å². The summed E-state index contributed by atoms with van der Waals surface area (Å²) in [4.78, 5) is 4.57. The summed E-state index contributed by atoms with van der Waals surface area (Å²) in [6.07, 6.45) is 4.45. The van der Waals surface area contributed by atoms with Gasteiger partial charge in [0.05, 0.1) is 12.0 Å². The summed E-state index contributed by atoms with van der Waals surface area (Å²) in [5.41, 5.74) is -0.412. The van der Waals surface area contributed by atoms with Crippen molar-refractivity contribution in [2.45, 2.75) is 77.4 Å². The lowest BCUT2D eigenvalue weighted by atomic mass is 9.78. The predicted molar refractivity (Wildman–Crippen MR) is 79.9 cm³/mol. The number of rotatable bonds is 6. The minimum Gasteiger partial charge on any atom is -0.392 e. The molecule has 21 heavy (non-hydrogen) atoms. The molecule has 0 bridgehead atoms. The summed E-state index contributed by atoms with van der Waals surface area (Å²) in [6, 6.07) is 0. The van der Waals surface area contributed by atoms with E-state index in [4.69, 9.17) is 9.26 Å². The smallest absolute Gasteiger partial charge is 0.232 e. The number of nitrogens with zero attached hydrogens (tertiary/aromatic N) is 2. The molecule has 5 heteroatoms. The van der Waals surface area contributed by atoms with Gasteiger partial charge >= 0.3 is 0 Å². The molecule has 1 heterocycles. The number of ether oxygens (including phenoxy) is 1. The van der Waals surface area contributed by atoms with E-state index in [0.717, 1.165) is 19.3 Å². The van der Waals surface area contributed by atoms with Crippen molar-refractivity contribution in [2.24, 2.45) is 5.92 Å². The average Bonchev–Trinajstić information content (AvgIpc) is 2.96. The van der Waals surface area contributed by atoms with Crippen LogP contribution in [0, 0.1) is 5.92 Å². The lowest BCUT2D eigenvalue weighted by Gasteiger charge is -2.37. The van der Waals surface area contributed by atoms with E-state index in [-0.39, 0.29) is 5.92 Å². The topological polar surface area (TPSA) is 68.4 Å². The number of aliphatic hydroxyl groups is 1. The first-order valence-corrected chi connectivity index (χ1v) is 8.18. The molecule has 0 radical (unpaired) electrons. The van der Waals surface area contributed by atoms with Crippen LogP contribution >= 0.6 is 0 Å². The summed E-state index contributed by atoms with van der Waals surface area (Å²) in [7, 11) is 0. The van der Waals surface area contributed by atoms with Crippen molar-refractivity contribution < 1.29 is 14.4 Å². The first kappa shape index (κ1) is 16.4. The zero-order valence-corrected chi connectivity index (χ0v) is 13.6. The first-order chi connectivity index (χ1) is 10.0. The molecular formula is C16H28N2O3. The summed E-state index contributed by atoms with van der Waals surface area (Å²) >= 11 is 0. The SMILES string of the molecule is CCOC1(c2noc(C(C)C(O)CC)n2)CCCC(C)C1. The molecule has 4 unspecified atom stereocenters. The van der Waals surface area contributed by atoms with Crippen LogP contribution in [0.5, 0.6) is 0 Å². The third-order valence-corrected chi connectivity index (χ3v) is 4.61. The van der Waals surface area contributed by atoms with Crippen LogP contribution in [0.1, 0.15) is 77.4 Å². The molecule has 4 atom stereocenters. The maximum absolute atomic E-state index is 9.95. The zero-order chi connectivity index (χ0) is 15.5. The van der Waals surface area contributed by atoms with Crippen LogP contribution in [-0.4, -0.2) is 28.0 Å². The maximum atomic E-state index is 9.95. The van der Waals surface area contributed by atoms with Gasteiger partial charge in [0.1, 0.15) is 5.60 Å². The van der Waals surface area contributed by atoms with Crippen molar-refractivity contribution in [3.05, 3.63) is 11.7 Å². The van der Waals surface area contributed by atoms with Crippen molar-refractivity contribution in [1.82, 2.24) is 10.1 Å². The Balaban J connectivity index is 2.24. The van der Waals surface area contributed by atoms with Crippen molar-refractivity contribution in [1.29, 1.82) is 0 Å². The number of aliphatic hydroxyl groups excluding tert-OH is 1. The second-order valence-electron chi connectivity index (χ2n) is 6.35. The van der Waals surface area contributed by atoms with Gasteiger partial charge in [0.2, 0.25) is 11.7 Å². The highest BCUT2D eigenvalue weighted by atomic mass is 16.5. The molecule has 1 N–H and O–H groups in total. The normalized spacial score (nSPS) is 29.3. The summed E-state index contributed by atoms with van der Waals surface area (Å²) in [5.74, 6) is 1.62. The predicted octanol–water partition coefficient (Wildman–Crippen LogP) is 3.39. The third kappa shape index (κ3) is 3.46. The van der Waals surface area contributed by atoms with E-state index in [1.54, 1.807) is 0 Å². The van der Waals surface area contributed by atoms with Gasteiger partial charge in [-0.1, -0.05) is 32.3 Å². The van der Waals surface area contributed by atoms with E-state index < -0.39 is 11.7 Å². The second kappa shape index (κ2) is 6.88. The Morgan fingerprint density at radius 2 is 2.24 bits per heavy atom. The zero-order valence-electron chi connectivity index (χ0n) is 13.6. The molecule has 0 saturated heterocycles. The number of hydrogen-bond donors (Lipinski definition) is 1. The lowest BCUT2D eigenvalue weighted by Crippen LogP contribution is -2.36. The monoisotopic (exact) mass is 296 g/mol. The average molecular weight is 296 g/mol. The van der Waals surface area contributed by atoms with Crippen LogP contribution in [0.3, 0.4) is 0 Å². The Morgan fingerprint density at radius 3 is 2.86 bits per heavy atom. The molecule has 1 saturated carbocycles. The molecule has 0 spiro atoms. The number of hydrogen-bond acceptors (Lipinski definition) is 5. The van der Waals surface area contributed by atoms with Crippen molar-refractivity contribution in [3.63, 3.8) is 0 Å². The molecule has 1 aromatic heterocycles. The highest BCUT2D eigenvalue weighted by Gasteiger charge is 2.42. The van der Waals surface area contributed by atoms with Gasteiger partial charge in [-0.25, -0.2) is 0 Å². The first-order valence-electron chi connectivity index (χ1n) is 8.18. The highest BCUT2D eigenvalue weighted by Crippen LogP contribution is 2.42. The summed E-state index contributed by atoms with van der Waals surface area (Å²) in [5, 5.41) is 14.1. The van der Waals surface area contributed by atoms with Gasteiger partial charge in [-0.15, -0.1) is 0 Å². The summed E-state index contributed by atoms with van der Waals surface area (Å²) < 4.78 is 11.5. The fourth-order valence-electron chi connectivity index (χ4n) is 3.30. The minimum atomic E-state index is -0.452. The lowest BCUT2D eigenvalue weighted by molar-refractivity contribution is -0.0891. The Bertz CT molecular complexity index is 444. The second-order valence-corrected chi connectivity index (χ2v) is 6.35. The Kier molecular flexibility index (Phi) is 5.38. The summed E-state index contributed by atoms with van der Waals surface area (Å²) in [6.45, 7) is 8.76. The van der Waals surface area contributed by atoms with Crippen LogP contribution in [0.2, 0.25) is 0 Å². The molecule has 1 fully saturated rings. The van der Waals surface area contributed by atoms with Crippen LogP contribution < -0.4 is 0 Å². The molecule has 0 aromatic carbocycles. The molecular weight excluding hydrogens is 268 g/mol. The Morgan fingerprint density at radius 1 is 1.48 bits per heavy atom. The van der Waals surface area contributed by atoms with E-state index in [1.165, 1.54) is 6.42 Å². The highest BCUT2D eigenvalue weighted by molar-refractivity contribution is 5.06. The molecule has 1 aliphatic rings. The van der Waals surface area contributed by atoms with Crippen molar-refractivity contribution in [2.75, 3.05) is 6.61 Å². The van der Waals surface area contributed by atoms with Gasteiger partial charge in [-0.2, -0.15) is 4.98 Å². The molecule has 2 rings (SSSR count). The van der Waals surface area contributed by atoms with E-state index >= 15 is 0 Å². The fraction of sp³-hybridized carbons (Fsp3) is 0.875. The van der Waals surface area contributed by atoms with Crippen LogP contribution in [0.4, 0.5) is 0 Å². The standard InChI is InChI=1S/C16H28N2O3/c1-5-13(19)12(4)14-17-15(18-21-14)16(20-6-2)9-7-8-11(3)10-16/h11-13,19H,5-10H2,1-4H3. The Labute approximate surface area is 127 Å². The van der Waals surface area contributed by atoms with E-state index in [2.05, 4.69) is 17.1 Å². The van der Waals surface area contributed by atoms with Gasteiger partial charge in [0.25, 0.3) is 0 Å². The largest absolute Gasteiger partial charge is 0.392 e. The molecule has 0 amide bonds. The minimum absolute atomic E-state index is 0.143. The molecule has 120 valence electrons. The molecule has 5 nitrogen and oxygen atoms in total. The molecule has 1 aliphatic carbocycles. The van der Waals surface area contributed by atoms with Crippen molar-refractivity contribution in [3.8, 4) is 0 Å². The van der Waals surface area contributed by atoms with Gasteiger partial charge in [-0.05, 0) is 38.5 Å². The van der Waals surface area contributed by atoms with Crippen LogP contribution in [-0.2, 0) is 10.3 Å². The van der Waals surface area contributed by atoms with Gasteiger partial charge in [-0.3, -0.25) is 0 Å². The van der Waals surface area contributed by atoms with E-state index in [1.807, 2.05) is 20.8 Å². The third-order valence-electron chi connectivity index (χ3n) is 4.61. The molecule has 0 aliphatic heterocycles. The van der Waals surface area contributed by atoms with Gasteiger partial charge in [0.15, 0.2) is 0 Å². The Hall–Kier alpha value is -0.940. The van der Waals surface area contributed by atoms with Gasteiger partial charge in [0, 0.05) is 6.61 Å². The van der Waals surface area contributed by atoms with Crippen LogP contribution in [0.25, 0.3) is 0 Å². The maximum Gasteiger partial charge on any atom is 0.232 e. The van der Waals surface area contributed by atoms with E-state index in [0.29, 0.717) is 30.7 Å². The molecule has 1 aromatic rings. The van der Waals surface area contributed by atoms with Crippen LogP contribution in [0.15, 0.2) is 4.52 Å². The van der Waals surface area contributed by atoms with E-state index in [9.17, 15) is 5.11 Å². The fourth-order valence-corrected chi connectivity index (χ4v) is 3.30. The van der Waals surface area contributed by atoms with Gasteiger partial charge < -0.3 is 14.4 Å². The number of aromatic nitrogens is 2.